The first kappa shape index (κ1) is 10.9. The summed E-state index contributed by atoms with van der Waals surface area (Å²) in [6.45, 7) is 2.08. The lowest BCUT2D eigenvalue weighted by atomic mass is 10.1. The third kappa shape index (κ3) is 1.78. The SMILES string of the molecule is Cc1sc(CO)nc1-c1csc2ccccc12. The summed E-state index contributed by atoms with van der Waals surface area (Å²) >= 11 is 3.30. The highest BCUT2D eigenvalue weighted by molar-refractivity contribution is 7.17. The second-order valence-electron chi connectivity index (χ2n) is 3.82. The van der Waals surface area contributed by atoms with Crippen molar-refractivity contribution in [2.24, 2.45) is 0 Å². The summed E-state index contributed by atoms with van der Waals surface area (Å²) in [5.41, 5.74) is 2.19. The molecule has 86 valence electrons. The van der Waals surface area contributed by atoms with E-state index in [0.29, 0.717) is 0 Å². The molecule has 2 nitrogen and oxygen atoms in total. The minimum absolute atomic E-state index is 0.0214. The first-order valence-corrected chi connectivity index (χ1v) is 7.03. The molecule has 4 heteroatoms. The summed E-state index contributed by atoms with van der Waals surface area (Å²) < 4.78 is 1.28. The molecule has 0 saturated carbocycles. The van der Waals surface area contributed by atoms with E-state index in [1.54, 1.807) is 22.7 Å². The minimum Gasteiger partial charge on any atom is -0.389 e. The monoisotopic (exact) mass is 261 g/mol. The Balaban J connectivity index is 2.23. The van der Waals surface area contributed by atoms with Gasteiger partial charge in [-0.25, -0.2) is 4.98 Å². The van der Waals surface area contributed by atoms with Crippen molar-refractivity contribution in [3.8, 4) is 11.3 Å². The number of fused-ring (bicyclic) bond motifs is 1. The number of aliphatic hydroxyl groups excluding tert-OH is 1. The van der Waals surface area contributed by atoms with Crippen LogP contribution in [0, 0.1) is 6.92 Å². The number of hydrogen-bond donors (Lipinski definition) is 1. The van der Waals surface area contributed by atoms with Crippen LogP contribution in [0.15, 0.2) is 29.6 Å². The zero-order valence-electron chi connectivity index (χ0n) is 9.30. The summed E-state index contributed by atoms with van der Waals surface area (Å²) in [4.78, 5) is 5.66. The standard InChI is InChI=1S/C13H11NOS2/c1-8-13(14-12(6-15)17-8)10-7-16-11-5-3-2-4-9(10)11/h2-5,7,15H,6H2,1H3. The number of aryl methyl sites for hydroxylation is 1. The Morgan fingerprint density at radius 1 is 1.29 bits per heavy atom. The van der Waals surface area contributed by atoms with Crippen molar-refractivity contribution in [2.75, 3.05) is 0 Å². The Kier molecular flexibility index (Phi) is 2.70. The van der Waals surface area contributed by atoms with Gasteiger partial charge in [-0.1, -0.05) is 18.2 Å². The summed E-state index contributed by atoms with van der Waals surface area (Å²) in [7, 11) is 0. The summed E-state index contributed by atoms with van der Waals surface area (Å²) in [6, 6.07) is 8.35. The molecule has 0 aliphatic heterocycles. The highest BCUT2D eigenvalue weighted by atomic mass is 32.1. The van der Waals surface area contributed by atoms with Crippen LogP contribution in [-0.4, -0.2) is 10.1 Å². The Hall–Kier alpha value is -1.23. The second-order valence-corrected chi connectivity index (χ2v) is 6.02. The quantitative estimate of drug-likeness (QED) is 0.760. The smallest absolute Gasteiger partial charge is 0.119 e. The fourth-order valence-corrected chi connectivity index (χ4v) is 3.68. The van der Waals surface area contributed by atoms with Crippen molar-refractivity contribution in [1.29, 1.82) is 0 Å². The first-order chi connectivity index (χ1) is 8.29. The molecule has 0 fully saturated rings. The van der Waals surface area contributed by atoms with Crippen LogP contribution in [0.25, 0.3) is 21.3 Å². The molecule has 0 radical (unpaired) electrons. The van der Waals surface area contributed by atoms with Crippen molar-refractivity contribution < 1.29 is 5.11 Å². The maximum atomic E-state index is 9.14. The van der Waals surface area contributed by atoms with Gasteiger partial charge in [0.25, 0.3) is 0 Å². The Labute approximate surface area is 107 Å². The van der Waals surface area contributed by atoms with E-state index < -0.39 is 0 Å². The van der Waals surface area contributed by atoms with Gasteiger partial charge in [-0.05, 0) is 13.0 Å². The fraction of sp³-hybridized carbons (Fsp3) is 0.154. The summed E-state index contributed by atoms with van der Waals surface area (Å²) in [6.07, 6.45) is 0. The maximum Gasteiger partial charge on any atom is 0.119 e. The molecule has 3 rings (SSSR count). The molecular weight excluding hydrogens is 250 g/mol. The number of hydrogen-bond acceptors (Lipinski definition) is 4. The third-order valence-corrected chi connectivity index (χ3v) is 4.63. The molecule has 3 aromatic rings. The summed E-state index contributed by atoms with van der Waals surface area (Å²) in [5, 5.41) is 13.3. The maximum absolute atomic E-state index is 9.14. The van der Waals surface area contributed by atoms with E-state index in [9.17, 15) is 0 Å². The lowest BCUT2D eigenvalue weighted by molar-refractivity contribution is 0.281. The van der Waals surface area contributed by atoms with Crippen LogP contribution in [-0.2, 0) is 6.61 Å². The lowest BCUT2D eigenvalue weighted by Gasteiger charge is -1.96. The van der Waals surface area contributed by atoms with Crippen LogP contribution in [0.1, 0.15) is 9.88 Å². The molecule has 0 amide bonds. The largest absolute Gasteiger partial charge is 0.389 e. The van der Waals surface area contributed by atoms with E-state index in [-0.39, 0.29) is 6.61 Å². The molecule has 0 atom stereocenters. The number of benzene rings is 1. The van der Waals surface area contributed by atoms with Gasteiger partial charge in [0, 0.05) is 25.9 Å². The van der Waals surface area contributed by atoms with Crippen LogP contribution >= 0.6 is 22.7 Å². The Bertz CT molecular complexity index is 669. The van der Waals surface area contributed by atoms with Gasteiger partial charge < -0.3 is 5.11 Å². The highest BCUT2D eigenvalue weighted by Gasteiger charge is 2.13. The number of thiophene rings is 1. The van der Waals surface area contributed by atoms with E-state index in [2.05, 4.69) is 35.5 Å². The number of aliphatic hydroxyl groups is 1. The first-order valence-electron chi connectivity index (χ1n) is 5.33. The predicted octanol–water partition coefficient (Wildman–Crippen LogP) is 3.83. The lowest BCUT2D eigenvalue weighted by Crippen LogP contribution is -1.82. The third-order valence-electron chi connectivity index (χ3n) is 2.71. The van der Waals surface area contributed by atoms with Crippen LogP contribution in [0.3, 0.4) is 0 Å². The van der Waals surface area contributed by atoms with E-state index in [1.165, 1.54) is 15.6 Å². The van der Waals surface area contributed by atoms with Crippen molar-refractivity contribution >= 4 is 32.8 Å². The molecule has 0 bridgehead atoms. The predicted molar refractivity (Wildman–Crippen MR) is 73.6 cm³/mol. The number of aromatic nitrogens is 1. The van der Waals surface area contributed by atoms with Gasteiger partial charge in [-0.2, -0.15) is 0 Å². The molecule has 2 aromatic heterocycles. The zero-order valence-corrected chi connectivity index (χ0v) is 10.9. The van der Waals surface area contributed by atoms with E-state index >= 15 is 0 Å². The molecule has 2 heterocycles. The van der Waals surface area contributed by atoms with Crippen molar-refractivity contribution in [3.63, 3.8) is 0 Å². The average molecular weight is 261 g/mol. The van der Waals surface area contributed by atoms with Gasteiger partial charge in [0.1, 0.15) is 5.01 Å². The molecule has 0 saturated heterocycles. The fourth-order valence-electron chi connectivity index (χ4n) is 1.93. The van der Waals surface area contributed by atoms with E-state index in [1.807, 2.05) is 6.07 Å². The van der Waals surface area contributed by atoms with Gasteiger partial charge in [0.15, 0.2) is 0 Å². The zero-order chi connectivity index (χ0) is 11.8. The average Bonchev–Trinajstić information content (AvgIpc) is 2.92. The van der Waals surface area contributed by atoms with E-state index in [0.717, 1.165) is 15.6 Å². The van der Waals surface area contributed by atoms with Gasteiger partial charge in [0.05, 0.1) is 12.3 Å². The van der Waals surface area contributed by atoms with Crippen LogP contribution in [0.4, 0.5) is 0 Å². The molecule has 0 aliphatic carbocycles. The van der Waals surface area contributed by atoms with Crippen LogP contribution in [0.2, 0.25) is 0 Å². The normalized spacial score (nSPS) is 11.2. The van der Waals surface area contributed by atoms with Gasteiger partial charge in [-0.15, -0.1) is 22.7 Å². The van der Waals surface area contributed by atoms with Crippen LogP contribution in [0.5, 0.6) is 0 Å². The molecule has 0 unspecified atom stereocenters. The Morgan fingerprint density at radius 3 is 2.88 bits per heavy atom. The molecule has 1 aromatic carbocycles. The van der Waals surface area contributed by atoms with Gasteiger partial charge >= 0.3 is 0 Å². The van der Waals surface area contributed by atoms with Crippen LogP contribution < -0.4 is 0 Å². The summed E-state index contributed by atoms with van der Waals surface area (Å²) in [5.74, 6) is 0. The van der Waals surface area contributed by atoms with Crippen molar-refractivity contribution in [2.45, 2.75) is 13.5 Å². The molecule has 17 heavy (non-hydrogen) atoms. The van der Waals surface area contributed by atoms with Gasteiger partial charge in [0.2, 0.25) is 0 Å². The van der Waals surface area contributed by atoms with Gasteiger partial charge in [-0.3, -0.25) is 0 Å². The van der Waals surface area contributed by atoms with Crippen molar-refractivity contribution in [3.05, 3.63) is 39.5 Å². The molecule has 0 aliphatic rings. The highest BCUT2D eigenvalue weighted by Crippen LogP contribution is 2.36. The second kappa shape index (κ2) is 4.22. The molecule has 0 spiro atoms. The number of rotatable bonds is 2. The molecular formula is C13H11NOS2. The molecule has 1 N–H and O–H groups in total. The topological polar surface area (TPSA) is 33.1 Å². The van der Waals surface area contributed by atoms with E-state index in [4.69, 9.17) is 5.11 Å². The number of nitrogens with zero attached hydrogens (tertiary/aromatic N) is 1. The van der Waals surface area contributed by atoms with Crippen molar-refractivity contribution in [1.82, 2.24) is 4.98 Å². The minimum atomic E-state index is 0.0214. The Morgan fingerprint density at radius 2 is 2.12 bits per heavy atom. The number of thiazole rings is 1.